The topological polar surface area (TPSA) is 69.7 Å². The third-order valence-corrected chi connectivity index (χ3v) is 7.10. The Morgan fingerprint density at radius 3 is 2.34 bits per heavy atom. The molecule has 0 aliphatic carbocycles. The Morgan fingerprint density at radius 2 is 1.59 bits per heavy atom. The van der Waals surface area contributed by atoms with E-state index in [1.54, 1.807) is 18.2 Å². The minimum absolute atomic E-state index is 0.146. The number of rotatable bonds is 4. The van der Waals surface area contributed by atoms with Crippen molar-refractivity contribution in [2.24, 2.45) is 0 Å². The van der Waals surface area contributed by atoms with Crippen LogP contribution in [-0.2, 0) is 10.0 Å². The average molecular weight is 410 g/mol. The molecule has 0 aromatic heterocycles. The molecule has 1 saturated heterocycles. The second-order valence-corrected chi connectivity index (χ2v) is 9.19. The van der Waals surface area contributed by atoms with Crippen molar-refractivity contribution in [3.63, 3.8) is 0 Å². The van der Waals surface area contributed by atoms with Crippen molar-refractivity contribution >= 4 is 32.4 Å². The van der Waals surface area contributed by atoms with Crippen molar-refractivity contribution < 1.29 is 13.2 Å². The molecule has 3 aromatic rings. The van der Waals surface area contributed by atoms with E-state index in [1.165, 1.54) is 10.4 Å². The van der Waals surface area contributed by atoms with E-state index in [2.05, 4.69) is 10.2 Å². The highest BCUT2D eigenvalue weighted by Gasteiger charge is 2.27. The standard InChI is InChI=1S/C22H23N3O3S/c1-24-11-13-25(14-12-24)29(27,28)21-8-4-7-19(16-21)22(26)23-20-10-9-17-5-2-3-6-18(17)15-20/h2-10,15-16H,11-14H2,1H3,(H,23,26). The predicted molar refractivity (Wildman–Crippen MR) is 115 cm³/mol. The minimum atomic E-state index is -3.62. The van der Waals surface area contributed by atoms with Crippen LogP contribution in [0, 0.1) is 0 Å². The van der Waals surface area contributed by atoms with Crippen molar-refractivity contribution in [2.75, 3.05) is 38.5 Å². The van der Waals surface area contributed by atoms with Crippen LogP contribution < -0.4 is 5.32 Å². The minimum Gasteiger partial charge on any atom is -0.322 e. The van der Waals surface area contributed by atoms with E-state index in [9.17, 15) is 13.2 Å². The molecule has 1 aliphatic rings. The van der Waals surface area contributed by atoms with E-state index in [0.717, 1.165) is 10.8 Å². The summed E-state index contributed by atoms with van der Waals surface area (Å²) in [5, 5.41) is 4.97. The number of hydrogen-bond acceptors (Lipinski definition) is 4. The van der Waals surface area contributed by atoms with E-state index >= 15 is 0 Å². The molecule has 0 radical (unpaired) electrons. The Morgan fingerprint density at radius 1 is 0.862 bits per heavy atom. The lowest BCUT2D eigenvalue weighted by Crippen LogP contribution is -2.47. The van der Waals surface area contributed by atoms with Gasteiger partial charge in [-0.2, -0.15) is 4.31 Å². The van der Waals surface area contributed by atoms with Gasteiger partial charge in [0.1, 0.15) is 0 Å². The van der Waals surface area contributed by atoms with Gasteiger partial charge in [-0.25, -0.2) is 8.42 Å². The zero-order chi connectivity index (χ0) is 20.4. The molecule has 7 heteroatoms. The van der Waals surface area contributed by atoms with Crippen LogP contribution >= 0.6 is 0 Å². The monoisotopic (exact) mass is 409 g/mol. The molecule has 1 fully saturated rings. The Bertz CT molecular complexity index is 1150. The summed E-state index contributed by atoms with van der Waals surface area (Å²) in [6, 6.07) is 19.8. The molecule has 1 N–H and O–H groups in total. The maximum Gasteiger partial charge on any atom is 0.255 e. The van der Waals surface area contributed by atoms with Crippen molar-refractivity contribution in [2.45, 2.75) is 4.90 Å². The zero-order valence-electron chi connectivity index (χ0n) is 16.2. The van der Waals surface area contributed by atoms with Gasteiger partial charge in [0, 0.05) is 37.4 Å². The summed E-state index contributed by atoms with van der Waals surface area (Å²) in [5.41, 5.74) is 0.981. The Hall–Kier alpha value is -2.74. The van der Waals surface area contributed by atoms with E-state index in [1.807, 2.05) is 49.5 Å². The molecule has 3 aromatic carbocycles. The van der Waals surface area contributed by atoms with Crippen molar-refractivity contribution in [1.82, 2.24) is 9.21 Å². The number of likely N-dealkylation sites (N-methyl/N-ethyl adjacent to an activating group) is 1. The first kappa shape index (κ1) is 19.6. The highest BCUT2D eigenvalue weighted by atomic mass is 32.2. The van der Waals surface area contributed by atoms with Crippen LogP contribution in [0.3, 0.4) is 0 Å². The number of fused-ring (bicyclic) bond motifs is 1. The summed E-state index contributed by atoms with van der Waals surface area (Å²) in [6.07, 6.45) is 0. The quantitative estimate of drug-likeness (QED) is 0.719. The van der Waals surface area contributed by atoms with Crippen LogP contribution in [0.1, 0.15) is 10.4 Å². The molecule has 0 bridgehead atoms. The average Bonchev–Trinajstić information content (AvgIpc) is 2.74. The van der Waals surface area contributed by atoms with Gasteiger partial charge < -0.3 is 10.2 Å². The molecule has 1 amide bonds. The molecule has 1 heterocycles. The van der Waals surface area contributed by atoms with Crippen LogP contribution in [0.5, 0.6) is 0 Å². The number of anilines is 1. The summed E-state index contributed by atoms with van der Waals surface area (Å²) < 4.78 is 27.4. The van der Waals surface area contributed by atoms with Crippen molar-refractivity contribution in [1.29, 1.82) is 0 Å². The molecule has 150 valence electrons. The third-order valence-electron chi connectivity index (χ3n) is 5.20. The molecule has 0 atom stereocenters. The van der Waals surface area contributed by atoms with Crippen molar-refractivity contribution in [3.8, 4) is 0 Å². The molecular weight excluding hydrogens is 386 g/mol. The maximum absolute atomic E-state index is 12.9. The van der Waals surface area contributed by atoms with E-state index in [0.29, 0.717) is 37.4 Å². The lowest BCUT2D eigenvalue weighted by atomic mass is 10.1. The summed E-state index contributed by atoms with van der Waals surface area (Å²) >= 11 is 0. The van der Waals surface area contributed by atoms with Crippen LogP contribution in [0.25, 0.3) is 10.8 Å². The Kier molecular flexibility index (Phi) is 5.36. The fourth-order valence-corrected chi connectivity index (χ4v) is 4.91. The molecule has 29 heavy (non-hydrogen) atoms. The van der Waals surface area contributed by atoms with Gasteiger partial charge in [0.05, 0.1) is 4.90 Å². The summed E-state index contributed by atoms with van der Waals surface area (Å²) in [5.74, 6) is -0.337. The van der Waals surface area contributed by atoms with Gasteiger partial charge in [-0.1, -0.05) is 36.4 Å². The normalized spacial score (nSPS) is 16.0. The largest absolute Gasteiger partial charge is 0.322 e. The first-order valence-corrected chi connectivity index (χ1v) is 11.0. The second-order valence-electron chi connectivity index (χ2n) is 7.25. The highest BCUT2D eigenvalue weighted by molar-refractivity contribution is 7.89. The maximum atomic E-state index is 12.9. The molecule has 0 saturated carbocycles. The predicted octanol–water partition coefficient (Wildman–Crippen LogP) is 3.03. The number of amides is 1. The molecular formula is C22H23N3O3S. The van der Waals surface area contributed by atoms with Gasteiger partial charge >= 0.3 is 0 Å². The molecule has 0 unspecified atom stereocenters. The Balaban J connectivity index is 1.55. The lowest BCUT2D eigenvalue weighted by molar-refractivity contribution is 0.102. The van der Waals surface area contributed by atoms with Gasteiger partial charge in [0.15, 0.2) is 0 Å². The first-order valence-electron chi connectivity index (χ1n) is 9.52. The van der Waals surface area contributed by atoms with Crippen LogP contribution in [0.15, 0.2) is 71.6 Å². The van der Waals surface area contributed by atoms with Crippen molar-refractivity contribution in [3.05, 3.63) is 72.3 Å². The molecule has 1 aliphatic heterocycles. The third kappa shape index (κ3) is 4.17. The summed E-state index contributed by atoms with van der Waals surface area (Å²) in [7, 11) is -1.64. The SMILES string of the molecule is CN1CCN(S(=O)(=O)c2cccc(C(=O)Nc3ccc4ccccc4c3)c2)CC1. The van der Waals surface area contributed by atoms with Crippen LogP contribution in [0.4, 0.5) is 5.69 Å². The van der Waals surface area contributed by atoms with Gasteiger partial charge in [-0.05, 0) is 48.2 Å². The Labute approximate surface area is 170 Å². The van der Waals surface area contributed by atoms with E-state index in [4.69, 9.17) is 0 Å². The number of nitrogens with one attached hydrogen (secondary N) is 1. The van der Waals surface area contributed by atoms with Crippen LogP contribution in [0.2, 0.25) is 0 Å². The fourth-order valence-electron chi connectivity index (χ4n) is 3.45. The molecule has 4 rings (SSSR count). The highest BCUT2D eigenvalue weighted by Crippen LogP contribution is 2.21. The number of benzene rings is 3. The van der Waals surface area contributed by atoms with E-state index in [-0.39, 0.29) is 10.8 Å². The summed E-state index contributed by atoms with van der Waals surface area (Å²) in [6.45, 7) is 2.29. The second kappa shape index (κ2) is 7.94. The van der Waals surface area contributed by atoms with Crippen LogP contribution in [-0.4, -0.2) is 56.8 Å². The molecule has 6 nitrogen and oxygen atoms in total. The van der Waals surface area contributed by atoms with Gasteiger partial charge in [0.25, 0.3) is 5.91 Å². The number of hydrogen-bond donors (Lipinski definition) is 1. The number of nitrogens with zero attached hydrogens (tertiary/aromatic N) is 2. The van der Waals surface area contributed by atoms with Gasteiger partial charge in [-0.15, -0.1) is 0 Å². The lowest BCUT2D eigenvalue weighted by Gasteiger charge is -2.31. The molecule has 0 spiro atoms. The van der Waals surface area contributed by atoms with E-state index < -0.39 is 10.0 Å². The fraction of sp³-hybridized carbons (Fsp3) is 0.227. The zero-order valence-corrected chi connectivity index (χ0v) is 17.0. The smallest absolute Gasteiger partial charge is 0.255 e. The summed E-state index contributed by atoms with van der Waals surface area (Å²) in [4.78, 5) is 15.0. The number of sulfonamides is 1. The number of carbonyl (C=O) groups excluding carboxylic acids is 1. The van der Waals surface area contributed by atoms with Gasteiger partial charge in [0.2, 0.25) is 10.0 Å². The van der Waals surface area contributed by atoms with Gasteiger partial charge in [-0.3, -0.25) is 4.79 Å². The number of piperazine rings is 1. The first-order chi connectivity index (χ1) is 13.9. The number of carbonyl (C=O) groups is 1.